The first-order valence-electron chi connectivity index (χ1n) is 9.41. The number of hydrogen-bond acceptors (Lipinski definition) is 3. The van der Waals surface area contributed by atoms with Crippen molar-refractivity contribution >= 4 is 23.3 Å². The summed E-state index contributed by atoms with van der Waals surface area (Å²) in [5, 5.41) is 3.73. The van der Waals surface area contributed by atoms with Gasteiger partial charge >= 0.3 is 6.03 Å². The molecule has 0 aliphatic carbocycles. The Bertz CT molecular complexity index is 761. The Hall–Kier alpha value is -2.40. The van der Waals surface area contributed by atoms with E-state index in [0.29, 0.717) is 26.2 Å². The molecule has 0 spiro atoms. The molecule has 1 aliphatic heterocycles. The third-order valence-electron chi connectivity index (χ3n) is 4.65. The predicted molar refractivity (Wildman–Crippen MR) is 110 cm³/mol. The quantitative estimate of drug-likeness (QED) is 0.819. The van der Waals surface area contributed by atoms with Crippen molar-refractivity contribution in [3.8, 4) is 5.75 Å². The van der Waals surface area contributed by atoms with Gasteiger partial charge in [-0.3, -0.25) is 0 Å². The summed E-state index contributed by atoms with van der Waals surface area (Å²) in [4.78, 5) is 16.6. The van der Waals surface area contributed by atoms with Crippen LogP contribution in [0, 0.1) is 0 Å². The number of rotatable bonds is 6. The second-order valence-electron chi connectivity index (χ2n) is 6.49. The molecule has 1 fully saturated rings. The Kier molecular flexibility index (Phi) is 6.82. The van der Waals surface area contributed by atoms with Crippen LogP contribution in [0.2, 0.25) is 5.02 Å². The van der Waals surface area contributed by atoms with Gasteiger partial charge < -0.3 is 19.9 Å². The monoisotopic (exact) mass is 387 g/mol. The van der Waals surface area contributed by atoms with E-state index in [0.717, 1.165) is 41.5 Å². The van der Waals surface area contributed by atoms with Crippen LogP contribution in [0.25, 0.3) is 0 Å². The van der Waals surface area contributed by atoms with E-state index in [1.54, 1.807) is 0 Å². The lowest BCUT2D eigenvalue weighted by atomic mass is 10.1. The highest BCUT2D eigenvalue weighted by atomic mass is 35.5. The lowest BCUT2D eigenvalue weighted by Gasteiger charge is -2.36. The zero-order chi connectivity index (χ0) is 19.1. The highest BCUT2D eigenvalue weighted by molar-refractivity contribution is 6.30. The summed E-state index contributed by atoms with van der Waals surface area (Å²) >= 11 is 5.99. The molecule has 0 saturated carbocycles. The lowest BCUT2D eigenvalue weighted by molar-refractivity contribution is 0.194. The Morgan fingerprint density at radius 2 is 1.89 bits per heavy atom. The Balaban J connectivity index is 1.47. The summed E-state index contributed by atoms with van der Waals surface area (Å²) in [5.74, 6) is 0.902. The van der Waals surface area contributed by atoms with Gasteiger partial charge in [-0.05, 0) is 43.2 Å². The molecule has 0 radical (unpaired) electrons. The van der Waals surface area contributed by atoms with E-state index in [-0.39, 0.29) is 6.03 Å². The highest BCUT2D eigenvalue weighted by Gasteiger charge is 2.22. The van der Waals surface area contributed by atoms with E-state index in [2.05, 4.69) is 16.3 Å². The molecule has 5 nitrogen and oxygen atoms in total. The van der Waals surface area contributed by atoms with Crippen LogP contribution < -0.4 is 15.0 Å². The molecule has 2 aromatic carbocycles. The zero-order valence-electron chi connectivity index (χ0n) is 15.7. The summed E-state index contributed by atoms with van der Waals surface area (Å²) in [7, 11) is 0. The van der Waals surface area contributed by atoms with Crippen molar-refractivity contribution in [1.29, 1.82) is 0 Å². The molecule has 1 N–H and O–H groups in total. The van der Waals surface area contributed by atoms with Crippen molar-refractivity contribution in [2.75, 3.05) is 44.2 Å². The van der Waals surface area contributed by atoms with Gasteiger partial charge in [-0.2, -0.15) is 0 Å². The fourth-order valence-corrected chi connectivity index (χ4v) is 3.48. The molecule has 0 bridgehead atoms. The smallest absolute Gasteiger partial charge is 0.317 e. The number of carbonyl (C=O) groups excluding carboxylic acids is 1. The summed E-state index contributed by atoms with van der Waals surface area (Å²) in [6, 6.07) is 15.8. The second-order valence-corrected chi connectivity index (χ2v) is 6.92. The molecule has 0 atom stereocenters. The number of amides is 2. The summed E-state index contributed by atoms with van der Waals surface area (Å²) in [6.45, 7) is 6.23. The third kappa shape index (κ3) is 5.30. The Morgan fingerprint density at radius 3 is 2.63 bits per heavy atom. The topological polar surface area (TPSA) is 44.8 Å². The third-order valence-corrected chi connectivity index (χ3v) is 4.89. The van der Waals surface area contributed by atoms with Crippen molar-refractivity contribution in [2.24, 2.45) is 0 Å². The maximum atomic E-state index is 12.4. The van der Waals surface area contributed by atoms with Crippen LogP contribution >= 0.6 is 11.6 Å². The van der Waals surface area contributed by atoms with E-state index < -0.39 is 0 Å². The number of anilines is 1. The first kappa shape index (κ1) is 19.4. The molecule has 27 heavy (non-hydrogen) atoms. The van der Waals surface area contributed by atoms with Gasteiger partial charge in [0.15, 0.2) is 0 Å². The van der Waals surface area contributed by atoms with Crippen molar-refractivity contribution in [3.63, 3.8) is 0 Å². The number of ether oxygens (including phenoxy) is 1. The number of nitrogens with zero attached hydrogens (tertiary/aromatic N) is 2. The molecule has 0 unspecified atom stereocenters. The summed E-state index contributed by atoms with van der Waals surface area (Å²) in [6.07, 6.45) is 0.772. The van der Waals surface area contributed by atoms with E-state index in [1.165, 1.54) is 0 Å². The summed E-state index contributed by atoms with van der Waals surface area (Å²) in [5.41, 5.74) is 2.22. The maximum Gasteiger partial charge on any atom is 0.317 e. The number of benzene rings is 2. The van der Waals surface area contributed by atoms with E-state index >= 15 is 0 Å². The van der Waals surface area contributed by atoms with Gasteiger partial charge in [0.05, 0.1) is 12.3 Å². The number of carbonyl (C=O) groups is 1. The Morgan fingerprint density at radius 1 is 1.11 bits per heavy atom. The average Bonchev–Trinajstić information content (AvgIpc) is 2.69. The van der Waals surface area contributed by atoms with Crippen LogP contribution in [0.1, 0.15) is 12.5 Å². The first-order chi connectivity index (χ1) is 13.2. The number of halogens is 1. The molecule has 1 saturated heterocycles. The zero-order valence-corrected chi connectivity index (χ0v) is 16.4. The number of urea groups is 1. The van der Waals surface area contributed by atoms with Crippen LogP contribution in [0.3, 0.4) is 0 Å². The van der Waals surface area contributed by atoms with Crippen LogP contribution in [0.4, 0.5) is 10.5 Å². The molecule has 0 aromatic heterocycles. The van der Waals surface area contributed by atoms with Crippen molar-refractivity contribution in [2.45, 2.75) is 13.3 Å². The van der Waals surface area contributed by atoms with Crippen LogP contribution in [-0.2, 0) is 6.42 Å². The largest absolute Gasteiger partial charge is 0.492 e. The number of nitrogens with one attached hydrogen (secondary N) is 1. The standard InChI is InChI=1S/C21H26ClN3O2/c1-2-27-20-9-4-3-8-19(20)24-12-14-25(15-13-24)21(26)23-11-10-17-6-5-7-18(22)16-17/h3-9,16H,2,10-15H2,1H3,(H,23,26). The van der Waals surface area contributed by atoms with Crippen LogP contribution in [-0.4, -0.2) is 50.3 Å². The van der Waals surface area contributed by atoms with Gasteiger partial charge in [0.2, 0.25) is 0 Å². The van der Waals surface area contributed by atoms with Crippen LogP contribution in [0.5, 0.6) is 5.75 Å². The SMILES string of the molecule is CCOc1ccccc1N1CCN(C(=O)NCCc2cccc(Cl)c2)CC1. The van der Waals surface area contributed by atoms with E-state index in [1.807, 2.05) is 54.3 Å². The lowest BCUT2D eigenvalue weighted by Crippen LogP contribution is -2.52. The van der Waals surface area contributed by atoms with Crippen molar-refractivity contribution in [1.82, 2.24) is 10.2 Å². The van der Waals surface area contributed by atoms with Gasteiger partial charge in [0, 0.05) is 37.7 Å². The van der Waals surface area contributed by atoms with E-state index in [4.69, 9.17) is 16.3 Å². The molecular weight excluding hydrogens is 362 g/mol. The van der Waals surface area contributed by atoms with Crippen molar-refractivity contribution in [3.05, 3.63) is 59.1 Å². The van der Waals surface area contributed by atoms with Gasteiger partial charge in [-0.25, -0.2) is 4.79 Å². The number of para-hydroxylation sites is 2. The molecule has 3 rings (SSSR count). The number of hydrogen-bond donors (Lipinski definition) is 1. The van der Waals surface area contributed by atoms with Crippen LogP contribution in [0.15, 0.2) is 48.5 Å². The normalized spacial score (nSPS) is 14.1. The average molecular weight is 388 g/mol. The Labute approximate surface area is 165 Å². The molecule has 144 valence electrons. The molecule has 1 heterocycles. The maximum absolute atomic E-state index is 12.4. The van der Waals surface area contributed by atoms with Gasteiger partial charge in [-0.15, -0.1) is 0 Å². The van der Waals surface area contributed by atoms with Crippen molar-refractivity contribution < 1.29 is 9.53 Å². The summed E-state index contributed by atoms with van der Waals surface area (Å²) < 4.78 is 5.72. The fourth-order valence-electron chi connectivity index (χ4n) is 3.26. The minimum atomic E-state index is -0.00484. The highest BCUT2D eigenvalue weighted by Crippen LogP contribution is 2.28. The molecular formula is C21H26ClN3O2. The van der Waals surface area contributed by atoms with Gasteiger partial charge in [0.1, 0.15) is 5.75 Å². The molecule has 1 aliphatic rings. The fraction of sp³-hybridized carbons (Fsp3) is 0.381. The molecule has 6 heteroatoms. The van der Waals surface area contributed by atoms with Gasteiger partial charge in [0.25, 0.3) is 0 Å². The first-order valence-corrected chi connectivity index (χ1v) is 9.79. The minimum absolute atomic E-state index is 0.00484. The molecule has 2 amide bonds. The minimum Gasteiger partial charge on any atom is -0.492 e. The van der Waals surface area contributed by atoms with Gasteiger partial charge in [-0.1, -0.05) is 35.9 Å². The molecule has 2 aromatic rings. The van der Waals surface area contributed by atoms with E-state index in [9.17, 15) is 4.79 Å². The number of piperazine rings is 1. The predicted octanol–water partition coefficient (Wildman–Crippen LogP) is 3.81. The second kappa shape index (κ2) is 9.51.